The number of methoxy groups -OCH3 is 1. The van der Waals surface area contributed by atoms with Gasteiger partial charge in [0.05, 0.1) is 24.9 Å². The van der Waals surface area contributed by atoms with Crippen LogP contribution in [0.3, 0.4) is 0 Å². The molecule has 1 unspecified atom stereocenters. The zero-order valence-electron chi connectivity index (χ0n) is 19.9. The second kappa shape index (κ2) is 10.3. The lowest BCUT2D eigenvalue weighted by atomic mass is 10.0. The minimum Gasteiger partial charge on any atom is -0.497 e. The van der Waals surface area contributed by atoms with Crippen molar-refractivity contribution in [2.24, 2.45) is 0 Å². The Morgan fingerprint density at radius 1 is 1.03 bits per heavy atom. The van der Waals surface area contributed by atoms with Crippen molar-refractivity contribution in [3.05, 3.63) is 89.5 Å². The van der Waals surface area contributed by atoms with Crippen LogP contribution in [0, 0.1) is 13.8 Å². The maximum atomic E-state index is 13.3. The van der Waals surface area contributed by atoms with Crippen molar-refractivity contribution in [2.75, 3.05) is 22.6 Å². The fourth-order valence-electron chi connectivity index (χ4n) is 3.92. The number of carbonyl (C=O) groups excluding carboxylic acids is 3. The van der Waals surface area contributed by atoms with Gasteiger partial charge < -0.3 is 15.4 Å². The normalized spacial score (nSPS) is 14.9. The van der Waals surface area contributed by atoms with E-state index in [0.29, 0.717) is 22.8 Å². The molecule has 1 atom stereocenters. The van der Waals surface area contributed by atoms with Crippen LogP contribution in [0.5, 0.6) is 5.75 Å². The smallest absolute Gasteiger partial charge is 0.251 e. The van der Waals surface area contributed by atoms with Gasteiger partial charge in [-0.3, -0.25) is 19.3 Å². The fourth-order valence-corrected chi connectivity index (χ4v) is 3.92. The summed E-state index contributed by atoms with van der Waals surface area (Å²) in [5, 5.41) is 5.66. The predicted octanol–water partition coefficient (Wildman–Crippen LogP) is 4.71. The highest BCUT2D eigenvalue weighted by Crippen LogP contribution is 2.33. The van der Waals surface area contributed by atoms with Crippen molar-refractivity contribution in [3.8, 4) is 5.75 Å². The minimum atomic E-state index is -0.996. The summed E-state index contributed by atoms with van der Waals surface area (Å²) in [6.07, 6.45) is 2.89. The molecule has 0 spiro atoms. The van der Waals surface area contributed by atoms with Crippen LogP contribution in [-0.4, -0.2) is 30.9 Å². The maximum absolute atomic E-state index is 13.3. The van der Waals surface area contributed by atoms with E-state index < -0.39 is 17.9 Å². The van der Waals surface area contributed by atoms with Gasteiger partial charge in [0.2, 0.25) is 11.8 Å². The van der Waals surface area contributed by atoms with Crippen LogP contribution in [0.4, 0.5) is 17.1 Å². The van der Waals surface area contributed by atoms with E-state index in [1.54, 1.807) is 49.6 Å². The molecule has 1 aliphatic rings. The molecule has 0 fully saturated rings. The highest BCUT2D eigenvalue weighted by Gasteiger charge is 2.37. The predicted molar refractivity (Wildman–Crippen MR) is 138 cm³/mol. The van der Waals surface area contributed by atoms with Gasteiger partial charge in [0.25, 0.3) is 5.91 Å². The van der Waals surface area contributed by atoms with Gasteiger partial charge >= 0.3 is 0 Å². The molecule has 1 heterocycles. The highest BCUT2D eigenvalue weighted by atomic mass is 16.5. The number of carbonyl (C=O) groups is 3. The monoisotopic (exact) mass is 469 g/mol. The van der Waals surface area contributed by atoms with Gasteiger partial charge in [0.15, 0.2) is 0 Å². The number of hydrogen-bond donors (Lipinski definition) is 2. The molecule has 4 rings (SSSR count). The van der Waals surface area contributed by atoms with E-state index in [9.17, 15) is 14.4 Å². The van der Waals surface area contributed by atoms with Crippen molar-refractivity contribution in [1.29, 1.82) is 0 Å². The van der Waals surface area contributed by atoms with Crippen LogP contribution in [-0.2, 0) is 14.4 Å². The molecule has 3 aromatic carbocycles. The SMILES string of the molecule is COc1ccc(C=CC(=O)N2c3ccccc3NC(=O)C2CC(=O)Nc2ccc(C)c(C)c2)cc1. The topological polar surface area (TPSA) is 87.7 Å². The number of aryl methyl sites for hydroxylation is 2. The number of ether oxygens (including phenoxy) is 1. The third-order valence-electron chi connectivity index (χ3n) is 5.98. The molecule has 3 amide bonds. The summed E-state index contributed by atoms with van der Waals surface area (Å²) in [7, 11) is 1.59. The molecule has 7 heteroatoms. The van der Waals surface area contributed by atoms with Crippen molar-refractivity contribution in [1.82, 2.24) is 0 Å². The summed E-state index contributed by atoms with van der Waals surface area (Å²) in [4.78, 5) is 40.6. The van der Waals surface area contributed by atoms with E-state index in [2.05, 4.69) is 10.6 Å². The molecule has 7 nitrogen and oxygen atoms in total. The van der Waals surface area contributed by atoms with E-state index in [-0.39, 0.29) is 12.3 Å². The number of amides is 3. The summed E-state index contributed by atoms with van der Waals surface area (Å²) in [6, 6.07) is 18.9. The molecule has 0 aromatic heterocycles. The van der Waals surface area contributed by atoms with Gasteiger partial charge in [0.1, 0.15) is 11.8 Å². The van der Waals surface area contributed by atoms with Crippen molar-refractivity contribution in [3.63, 3.8) is 0 Å². The number of benzene rings is 3. The Morgan fingerprint density at radius 2 is 1.77 bits per heavy atom. The molecular formula is C28H27N3O4. The summed E-state index contributed by atoms with van der Waals surface area (Å²) in [5.41, 5.74) is 4.68. The molecule has 0 aliphatic carbocycles. The summed E-state index contributed by atoms with van der Waals surface area (Å²) in [6.45, 7) is 3.96. The second-order valence-corrected chi connectivity index (χ2v) is 8.39. The lowest BCUT2D eigenvalue weighted by molar-refractivity contribution is -0.124. The lowest BCUT2D eigenvalue weighted by Crippen LogP contribution is -2.52. The van der Waals surface area contributed by atoms with Crippen LogP contribution in [0.1, 0.15) is 23.1 Å². The first-order valence-corrected chi connectivity index (χ1v) is 11.3. The van der Waals surface area contributed by atoms with Crippen LogP contribution >= 0.6 is 0 Å². The molecular weight excluding hydrogens is 442 g/mol. The Bertz CT molecular complexity index is 1300. The fraction of sp³-hybridized carbons (Fsp3) is 0.179. The number of nitrogens with one attached hydrogen (secondary N) is 2. The zero-order valence-corrected chi connectivity index (χ0v) is 19.9. The van der Waals surface area contributed by atoms with E-state index in [0.717, 1.165) is 16.7 Å². The van der Waals surface area contributed by atoms with Gasteiger partial charge in [-0.15, -0.1) is 0 Å². The van der Waals surface area contributed by atoms with Crippen LogP contribution in [0.15, 0.2) is 72.8 Å². The number of para-hydroxylation sites is 2. The van der Waals surface area contributed by atoms with Gasteiger partial charge in [-0.1, -0.05) is 30.3 Å². The quantitative estimate of drug-likeness (QED) is 0.512. The van der Waals surface area contributed by atoms with E-state index in [1.165, 1.54) is 11.0 Å². The van der Waals surface area contributed by atoms with Gasteiger partial charge in [-0.2, -0.15) is 0 Å². The Kier molecular flexibility index (Phi) is 6.96. The average Bonchev–Trinajstić information content (AvgIpc) is 2.85. The number of hydrogen-bond acceptors (Lipinski definition) is 4. The summed E-state index contributed by atoms with van der Waals surface area (Å²) in [5.74, 6) is -0.452. The lowest BCUT2D eigenvalue weighted by Gasteiger charge is -2.35. The molecule has 0 saturated carbocycles. The number of fused-ring (bicyclic) bond motifs is 1. The Balaban J connectivity index is 1.58. The van der Waals surface area contributed by atoms with Crippen LogP contribution in [0.25, 0.3) is 6.08 Å². The van der Waals surface area contributed by atoms with Gasteiger partial charge in [0, 0.05) is 11.8 Å². The largest absolute Gasteiger partial charge is 0.497 e. The maximum Gasteiger partial charge on any atom is 0.251 e. The first-order chi connectivity index (χ1) is 16.9. The molecule has 3 aromatic rings. The number of anilines is 3. The molecule has 178 valence electrons. The Morgan fingerprint density at radius 3 is 2.49 bits per heavy atom. The van der Waals surface area contributed by atoms with Crippen LogP contribution in [0.2, 0.25) is 0 Å². The third kappa shape index (κ3) is 5.41. The third-order valence-corrected chi connectivity index (χ3v) is 5.98. The van der Waals surface area contributed by atoms with Gasteiger partial charge in [-0.25, -0.2) is 0 Å². The minimum absolute atomic E-state index is 0.185. The Hall–Kier alpha value is -4.39. The Labute approximate surface area is 204 Å². The van der Waals surface area contributed by atoms with Crippen molar-refractivity contribution < 1.29 is 19.1 Å². The van der Waals surface area contributed by atoms with E-state index in [4.69, 9.17) is 4.74 Å². The second-order valence-electron chi connectivity index (χ2n) is 8.39. The van der Waals surface area contributed by atoms with Gasteiger partial charge in [-0.05, 0) is 73.0 Å². The summed E-state index contributed by atoms with van der Waals surface area (Å²) >= 11 is 0. The summed E-state index contributed by atoms with van der Waals surface area (Å²) < 4.78 is 5.17. The van der Waals surface area contributed by atoms with E-state index >= 15 is 0 Å². The highest BCUT2D eigenvalue weighted by molar-refractivity contribution is 6.16. The first-order valence-electron chi connectivity index (χ1n) is 11.3. The molecule has 2 N–H and O–H groups in total. The first kappa shape index (κ1) is 23.8. The standard InChI is InChI=1S/C28H27N3O4/c1-18-8-12-21(16-19(18)2)29-26(32)17-25-28(34)30-23-6-4-5-7-24(23)31(25)27(33)15-11-20-9-13-22(35-3)14-10-20/h4-16,25H,17H2,1-3H3,(H,29,32)(H,30,34). The number of rotatable bonds is 6. The van der Waals surface area contributed by atoms with Crippen LogP contribution < -0.4 is 20.3 Å². The van der Waals surface area contributed by atoms with Crippen molar-refractivity contribution in [2.45, 2.75) is 26.3 Å². The molecule has 35 heavy (non-hydrogen) atoms. The zero-order chi connectivity index (χ0) is 24.9. The number of nitrogens with zero attached hydrogens (tertiary/aromatic N) is 1. The molecule has 0 bridgehead atoms. The molecule has 1 aliphatic heterocycles. The van der Waals surface area contributed by atoms with Crippen molar-refractivity contribution >= 4 is 40.9 Å². The molecule has 0 saturated heterocycles. The average molecular weight is 470 g/mol. The molecule has 0 radical (unpaired) electrons. The van der Waals surface area contributed by atoms with E-state index in [1.807, 2.05) is 44.2 Å².